The maximum atomic E-state index is 6.18. The van der Waals surface area contributed by atoms with E-state index in [0.29, 0.717) is 6.54 Å². The standard InChI is InChI=1S/C22H18N2O.ClH/c23-11-10-15-13-24-20-9-8-14(12-19(15)20)16-5-3-6-18-17-4-1-2-7-21(17)25-22(16)18;/h1-9,12-13,24H,10-11,23H2;1H. The second-order valence-electron chi connectivity index (χ2n) is 6.39. The molecule has 0 aliphatic heterocycles. The number of halogens is 1. The molecule has 0 atom stereocenters. The van der Waals surface area contributed by atoms with Gasteiger partial charge in [0.2, 0.25) is 0 Å². The van der Waals surface area contributed by atoms with Crippen LogP contribution in [-0.4, -0.2) is 11.5 Å². The smallest absolute Gasteiger partial charge is 0.143 e. The summed E-state index contributed by atoms with van der Waals surface area (Å²) in [5.74, 6) is 0. The van der Waals surface area contributed by atoms with Crippen molar-refractivity contribution in [1.82, 2.24) is 4.98 Å². The first-order valence-electron chi connectivity index (χ1n) is 8.56. The summed E-state index contributed by atoms with van der Waals surface area (Å²) in [6, 6.07) is 21.1. The van der Waals surface area contributed by atoms with Gasteiger partial charge in [0, 0.05) is 33.4 Å². The number of hydrogen-bond acceptors (Lipinski definition) is 2. The Morgan fingerprint density at radius 1 is 0.885 bits per heavy atom. The zero-order chi connectivity index (χ0) is 16.8. The summed E-state index contributed by atoms with van der Waals surface area (Å²) in [6.07, 6.45) is 2.93. The minimum absolute atomic E-state index is 0. The summed E-state index contributed by atoms with van der Waals surface area (Å²) < 4.78 is 6.18. The van der Waals surface area contributed by atoms with Crippen molar-refractivity contribution in [3.8, 4) is 11.1 Å². The first kappa shape index (κ1) is 16.7. The molecule has 0 aliphatic carbocycles. The van der Waals surface area contributed by atoms with Gasteiger partial charge in [-0.15, -0.1) is 12.4 Å². The predicted octanol–water partition coefficient (Wildman–Crippen LogP) is 5.66. The minimum atomic E-state index is 0. The molecule has 26 heavy (non-hydrogen) atoms. The van der Waals surface area contributed by atoms with Gasteiger partial charge < -0.3 is 15.1 Å². The second-order valence-corrected chi connectivity index (χ2v) is 6.39. The highest BCUT2D eigenvalue weighted by Crippen LogP contribution is 2.36. The Balaban J connectivity index is 0.00000168. The van der Waals surface area contributed by atoms with Crippen LogP contribution in [0.2, 0.25) is 0 Å². The first-order chi connectivity index (χ1) is 12.3. The topological polar surface area (TPSA) is 55.0 Å². The molecule has 0 aliphatic rings. The van der Waals surface area contributed by atoms with Gasteiger partial charge in [-0.1, -0.05) is 42.5 Å². The Hall–Kier alpha value is -2.75. The van der Waals surface area contributed by atoms with Crippen LogP contribution >= 0.6 is 12.4 Å². The lowest BCUT2D eigenvalue weighted by molar-refractivity contribution is 0.670. The first-order valence-corrected chi connectivity index (χ1v) is 8.56. The zero-order valence-electron chi connectivity index (χ0n) is 14.2. The van der Waals surface area contributed by atoms with Crippen LogP contribution in [0.1, 0.15) is 5.56 Å². The van der Waals surface area contributed by atoms with Gasteiger partial charge in [0.15, 0.2) is 0 Å². The summed E-state index contributed by atoms with van der Waals surface area (Å²) in [7, 11) is 0. The highest BCUT2D eigenvalue weighted by Gasteiger charge is 2.13. The van der Waals surface area contributed by atoms with Gasteiger partial charge in [-0.3, -0.25) is 0 Å². The largest absolute Gasteiger partial charge is 0.455 e. The van der Waals surface area contributed by atoms with E-state index in [2.05, 4.69) is 59.7 Å². The van der Waals surface area contributed by atoms with Crippen molar-refractivity contribution in [2.75, 3.05) is 6.54 Å². The number of nitrogens with two attached hydrogens (primary N) is 1. The molecule has 0 bridgehead atoms. The Labute approximate surface area is 157 Å². The van der Waals surface area contributed by atoms with E-state index < -0.39 is 0 Å². The molecule has 0 fully saturated rings. The van der Waals surface area contributed by atoms with Gasteiger partial charge in [-0.2, -0.15) is 0 Å². The molecule has 130 valence electrons. The molecule has 2 heterocycles. The number of hydrogen-bond donors (Lipinski definition) is 2. The number of para-hydroxylation sites is 2. The van der Waals surface area contributed by atoms with Gasteiger partial charge in [0.05, 0.1) is 0 Å². The molecule has 0 radical (unpaired) electrons. The quantitative estimate of drug-likeness (QED) is 0.435. The average molecular weight is 363 g/mol. The number of aromatic amines is 1. The Morgan fingerprint density at radius 3 is 2.62 bits per heavy atom. The summed E-state index contributed by atoms with van der Waals surface area (Å²) in [4.78, 5) is 3.33. The van der Waals surface area contributed by atoms with Gasteiger partial charge in [-0.05, 0) is 42.3 Å². The number of nitrogens with one attached hydrogen (secondary N) is 1. The SMILES string of the molecule is Cl.NCCc1c[nH]c2ccc(-c3cccc4c3oc3ccccc34)cc12. The van der Waals surface area contributed by atoms with Crippen molar-refractivity contribution in [1.29, 1.82) is 0 Å². The lowest BCUT2D eigenvalue weighted by atomic mass is 9.99. The van der Waals surface area contributed by atoms with Crippen LogP contribution in [0.15, 0.2) is 71.3 Å². The third kappa shape index (κ3) is 2.48. The molecule has 3 N–H and O–H groups in total. The summed E-state index contributed by atoms with van der Waals surface area (Å²) in [5, 5.41) is 3.55. The molecule has 0 spiro atoms. The van der Waals surface area contributed by atoms with Crippen molar-refractivity contribution in [3.63, 3.8) is 0 Å². The van der Waals surface area contributed by atoms with E-state index in [-0.39, 0.29) is 12.4 Å². The number of benzene rings is 3. The molecule has 0 saturated heterocycles. The average Bonchev–Trinajstić information content (AvgIpc) is 3.23. The highest BCUT2D eigenvalue weighted by atomic mass is 35.5. The van der Waals surface area contributed by atoms with E-state index in [4.69, 9.17) is 10.2 Å². The number of fused-ring (bicyclic) bond motifs is 4. The monoisotopic (exact) mass is 362 g/mol. The number of rotatable bonds is 3. The van der Waals surface area contributed by atoms with E-state index in [0.717, 1.165) is 45.0 Å². The van der Waals surface area contributed by atoms with Gasteiger partial charge in [0.25, 0.3) is 0 Å². The lowest BCUT2D eigenvalue weighted by Gasteiger charge is -2.04. The molecule has 0 saturated carbocycles. The van der Waals surface area contributed by atoms with Gasteiger partial charge in [-0.25, -0.2) is 0 Å². The Bertz CT molecular complexity index is 1220. The summed E-state index contributed by atoms with van der Waals surface area (Å²) in [5.41, 5.74) is 12.3. The molecule has 5 aromatic rings. The van der Waals surface area contributed by atoms with E-state index >= 15 is 0 Å². The van der Waals surface area contributed by atoms with Crippen LogP contribution in [0.3, 0.4) is 0 Å². The van der Waals surface area contributed by atoms with Crippen LogP contribution < -0.4 is 5.73 Å². The maximum absolute atomic E-state index is 6.18. The summed E-state index contributed by atoms with van der Waals surface area (Å²) >= 11 is 0. The number of aromatic nitrogens is 1. The van der Waals surface area contributed by atoms with Crippen molar-refractivity contribution in [3.05, 3.63) is 72.4 Å². The van der Waals surface area contributed by atoms with Crippen LogP contribution in [0.4, 0.5) is 0 Å². The molecular weight excluding hydrogens is 344 g/mol. The number of furan rings is 1. The second kappa shape index (κ2) is 6.52. The van der Waals surface area contributed by atoms with Gasteiger partial charge in [0.1, 0.15) is 11.2 Å². The Kier molecular flexibility index (Phi) is 4.19. The number of H-pyrrole nitrogens is 1. The van der Waals surface area contributed by atoms with Crippen LogP contribution in [0.25, 0.3) is 44.0 Å². The van der Waals surface area contributed by atoms with Gasteiger partial charge >= 0.3 is 0 Å². The molecule has 0 unspecified atom stereocenters. The lowest BCUT2D eigenvalue weighted by Crippen LogP contribution is -2.01. The molecule has 3 aromatic carbocycles. The van der Waals surface area contributed by atoms with Crippen molar-refractivity contribution >= 4 is 45.2 Å². The normalized spacial score (nSPS) is 11.3. The fraction of sp³-hybridized carbons (Fsp3) is 0.0909. The van der Waals surface area contributed by atoms with Crippen molar-refractivity contribution in [2.45, 2.75) is 6.42 Å². The molecule has 5 rings (SSSR count). The molecule has 0 amide bonds. The van der Waals surface area contributed by atoms with Crippen molar-refractivity contribution in [2.24, 2.45) is 5.73 Å². The zero-order valence-corrected chi connectivity index (χ0v) is 15.0. The predicted molar refractivity (Wildman–Crippen MR) is 111 cm³/mol. The minimum Gasteiger partial charge on any atom is -0.455 e. The van der Waals surface area contributed by atoms with Crippen LogP contribution in [-0.2, 0) is 6.42 Å². The van der Waals surface area contributed by atoms with E-state index in [9.17, 15) is 0 Å². The maximum Gasteiger partial charge on any atom is 0.143 e. The molecule has 3 nitrogen and oxygen atoms in total. The third-order valence-corrected chi connectivity index (χ3v) is 4.90. The van der Waals surface area contributed by atoms with Crippen LogP contribution in [0, 0.1) is 0 Å². The van der Waals surface area contributed by atoms with Crippen LogP contribution in [0.5, 0.6) is 0 Å². The van der Waals surface area contributed by atoms with E-state index in [1.807, 2.05) is 12.1 Å². The molecule has 4 heteroatoms. The fourth-order valence-electron chi connectivity index (χ4n) is 3.68. The fourth-order valence-corrected chi connectivity index (χ4v) is 3.68. The van der Waals surface area contributed by atoms with E-state index in [1.54, 1.807) is 0 Å². The third-order valence-electron chi connectivity index (χ3n) is 4.90. The highest BCUT2D eigenvalue weighted by molar-refractivity contribution is 6.09. The summed E-state index contributed by atoms with van der Waals surface area (Å²) in [6.45, 7) is 0.649. The molecule has 2 aromatic heterocycles. The molecular formula is C22H19ClN2O. The van der Waals surface area contributed by atoms with Crippen molar-refractivity contribution < 1.29 is 4.42 Å². The van der Waals surface area contributed by atoms with E-state index in [1.165, 1.54) is 10.9 Å². The Morgan fingerprint density at radius 2 is 1.73 bits per heavy atom.